The molecule has 92 valence electrons. The number of anilines is 2. The molecule has 1 heterocycles. The molecule has 0 aliphatic carbocycles. The highest BCUT2D eigenvalue weighted by molar-refractivity contribution is 14.1. The summed E-state index contributed by atoms with van der Waals surface area (Å²) in [5.41, 5.74) is 6.93. The molecule has 0 aliphatic heterocycles. The van der Waals surface area contributed by atoms with Gasteiger partial charge in [-0.15, -0.1) is 0 Å². The van der Waals surface area contributed by atoms with E-state index >= 15 is 0 Å². The first kappa shape index (κ1) is 13.4. The fourth-order valence-electron chi connectivity index (χ4n) is 1.27. The summed E-state index contributed by atoms with van der Waals surface area (Å²) in [7, 11) is 0. The molecule has 0 aliphatic rings. The number of nitrogens with two attached hydrogens (primary N) is 1. The van der Waals surface area contributed by atoms with E-state index in [1.54, 1.807) is 18.3 Å². The van der Waals surface area contributed by atoms with Crippen LogP contribution in [-0.2, 0) is 0 Å². The van der Waals surface area contributed by atoms with Crippen molar-refractivity contribution in [2.45, 2.75) is 0 Å². The zero-order chi connectivity index (χ0) is 13.1. The van der Waals surface area contributed by atoms with Gasteiger partial charge in [-0.25, -0.2) is 9.97 Å². The molecule has 2 rings (SSSR count). The van der Waals surface area contributed by atoms with E-state index in [1.807, 2.05) is 12.1 Å². The molecule has 0 atom stereocenters. The van der Waals surface area contributed by atoms with E-state index < -0.39 is 0 Å². The van der Waals surface area contributed by atoms with Gasteiger partial charge in [-0.3, -0.25) is 0 Å². The molecule has 0 fully saturated rings. The molecular weight excluding hydrogens is 383 g/mol. The number of nitrogens with one attached hydrogen (secondary N) is 1. The van der Waals surface area contributed by atoms with Crippen LogP contribution in [0.2, 0.25) is 5.02 Å². The van der Waals surface area contributed by atoms with Crippen molar-refractivity contribution in [1.82, 2.24) is 9.97 Å². The summed E-state index contributed by atoms with van der Waals surface area (Å²) >= 11 is 12.9. The topological polar surface area (TPSA) is 63.8 Å². The second-order valence-electron chi connectivity index (χ2n) is 3.38. The fraction of sp³-hybridized carbons (Fsp3) is 0. The van der Waals surface area contributed by atoms with E-state index in [9.17, 15) is 0 Å². The number of thiocarbonyl (C=S) groups is 1. The van der Waals surface area contributed by atoms with E-state index in [-0.39, 0.29) is 4.99 Å². The Morgan fingerprint density at radius 3 is 2.83 bits per heavy atom. The molecule has 0 saturated carbocycles. The maximum Gasteiger partial charge on any atom is 0.227 e. The number of rotatable bonds is 3. The minimum absolute atomic E-state index is 0.242. The van der Waals surface area contributed by atoms with E-state index in [4.69, 9.17) is 29.6 Å². The third kappa shape index (κ3) is 3.27. The Morgan fingerprint density at radius 2 is 2.17 bits per heavy atom. The smallest absolute Gasteiger partial charge is 0.227 e. The van der Waals surface area contributed by atoms with Crippen LogP contribution in [0.25, 0.3) is 0 Å². The summed E-state index contributed by atoms with van der Waals surface area (Å²) in [6.45, 7) is 0. The van der Waals surface area contributed by atoms with Crippen LogP contribution in [0.4, 0.5) is 11.6 Å². The molecule has 0 saturated heterocycles. The van der Waals surface area contributed by atoms with Crippen molar-refractivity contribution in [3.8, 4) is 0 Å². The lowest BCUT2D eigenvalue weighted by Crippen LogP contribution is -2.12. The lowest BCUT2D eigenvalue weighted by Gasteiger charge is -2.08. The van der Waals surface area contributed by atoms with Crippen LogP contribution >= 0.6 is 46.4 Å². The van der Waals surface area contributed by atoms with Gasteiger partial charge in [0.1, 0.15) is 10.7 Å². The molecule has 0 radical (unpaired) electrons. The van der Waals surface area contributed by atoms with Crippen LogP contribution in [0.3, 0.4) is 0 Å². The Hall–Kier alpha value is -0.990. The van der Waals surface area contributed by atoms with Crippen molar-refractivity contribution in [2.75, 3.05) is 5.32 Å². The normalized spacial score (nSPS) is 10.1. The second-order valence-corrected chi connectivity index (χ2v) is 5.42. The van der Waals surface area contributed by atoms with Gasteiger partial charge in [-0.05, 0) is 46.9 Å². The predicted octanol–water partition coefficient (Wildman–Crippen LogP) is 3.11. The molecule has 0 unspecified atom stereocenters. The van der Waals surface area contributed by atoms with E-state index in [0.717, 1.165) is 9.26 Å². The zero-order valence-electron chi connectivity index (χ0n) is 9.02. The molecule has 0 bridgehead atoms. The standard InChI is InChI=1S/C11H8ClIN4S/c12-6-1-2-8(7(13)5-6)16-11-15-4-3-9(17-11)10(14)18/h1-5H,(H2,14,18)(H,15,16,17). The second kappa shape index (κ2) is 5.77. The molecule has 7 heteroatoms. The quantitative estimate of drug-likeness (QED) is 0.623. The van der Waals surface area contributed by atoms with Crippen molar-refractivity contribution >= 4 is 63.0 Å². The average Bonchev–Trinajstić information content (AvgIpc) is 2.33. The molecule has 1 aromatic heterocycles. The molecule has 3 N–H and O–H groups in total. The van der Waals surface area contributed by atoms with Gasteiger partial charge in [0.25, 0.3) is 0 Å². The maximum atomic E-state index is 5.89. The Bertz CT molecular complexity index is 605. The van der Waals surface area contributed by atoms with Gasteiger partial charge in [0.05, 0.1) is 5.69 Å². The largest absolute Gasteiger partial charge is 0.388 e. The minimum Gasteiger partial charge on any atom is -0.388 e. The highest BCUT2D eigenvalue weighted by Gasteiger charge is 2.05. The first-order valence-corrected chi connectivity index (χ1v) is 6.77. The van der Waals surface area contributed by atoms with Crippen LogP contribution in [0.15, 0.2) is 30.5 Å². The third-order valence-electron chi connectivity index (χ3n) is 2.09. The van der Waals surface area contributed by atoms with E-state index in [0.29, 0.717) is 16.7 Å². The predicted molar refractivity (Wildman–Crippen MR) is 85.4 cm³/mol. The van der Waals surface area contributed by atoms with Gasteiger partial charge >= 0.3 is 0 Å². The van der Waals surface area contributed by atoms with E-state index in [2.05, 4.69) is 37.9 Å². The molecule has 18 heavy (non-hydrogen) atoms. The van der Waals surface area contributed by atoms with Crippen molar-refractivity contribution in [3.05, 3.63) is 44.7 Å². The van der Waals surface area contributed by atoms with Crippen LogP contribution < -0.4 is 11.1 Å². The summed E-state index contributed by atoms with van der Waals surface area (Å²) in [5.74, 6) is 0.445. The molecule has 4 nitrogen and oxygen atoms in total. The number of hydrogen-bond donors (Lipinski definition) is 2. The van der Waals surface area contributed by atoms with Gasteiger partial charge in [-0.1, -0.05) is 23.8 Å². The maximum absolute atomic E-state index is 5.89. The first-order chi connectivity index (χ1) is 8.56. The van der Waals surface area contributed by atoms with Crippen molar-refractivity contribution in [2.24, 2.45) is 5.73 Å². The monoisotopic (exact) mass is 390 g/mol. The van der Waals surface area contributed by atoms with Gasteiger partial charge in [0.2, 0.25) is 5.95 Å². The summed E-state index contributed by atoms with van der Waals surface area (Å²) in [5, 5.41) is 3.77. The fourth-order valence-corrected chi connectivity index (χ4v) is 2.39. The zero-order valence-corrected chi connectivity index (χ0v) is 12.8. The van der Waals surface area contributed by atoms with Gasteiger partial charge in [0, 0.05) is 14.8 Å². The number of benzene rings is 1. The number of hydrogen-bond acceptors (Lipinski definition) is 4. The molecular formula is C11H8ClIN4S. The summed E-state index contributed by atoms with van der Waals surface area (Å²) in [4.78, 5) is 8.56. The van der Waals surface area contributed by atoms with Crippen LogP contribution in [0.1, 0.15) is 5.69 Å². The summed E-state index contributed by atoms with van der Waals surface area (Å²) in [6, 6.07) is 7.17. The Morgan fingerprint density at radius 1 is 1.39 bits per heavy atom. The lowest BCUT2D eigenvalue weighted by atomic mass is 10.3. The highest BCUT2D eigenvalue weighted by Crippen LogP contribution is 2.24. The number of halogens is 2. The molecule has 1 aromatic carbocycles. The lowest BCUT2D eigenvalue weighted by molar-refractivity contribution is 1.15. The van der Waals surface area contributed by atoms with Crippen LogP contribution in [0.5, 0.6) is 0 Å². The van der Waals surface area contributed by atoms with Gasteiger partial charge < -0.3 is 11.1 Å². The van der Waals surface area contributed by atoms with Crippen molar-refractivity contribution in [3.63, 3.8) is 0 Å². The minimum atomic E-state index is 0.242. The van der Waals surface area contributed by atoms with Crippen LogP contribution in [0, 0.1) is 3.57 Å². The number of nitrogens with zero attached hydrogens (tertiary/aromatic N) is 2. The highest BCUT2D eigenvalue weighted by atomic mass is 127. The Kier molecular flexibility index (Phi) is 4.31. The third-order valence-corrected chi connectivity index (χ3v) is 3.42. The van der Waals surface area contributed by atoms with Gasteiger partial charge in [-0.2, -0.15) is 0 Å². The molecule has 0 amide bonds. The summed E-state index contributed by atoms with van der Waals surface area (Å²) in [6.07, 6.45) is 1.60. The molecule has 0 spiro atoms. The number of aromatic nitrogens is 2. The van der Waals surface area contributed by atoms with Gasteiger partial charge in [0.15, 0.2) is 0 Å². The van der Waals surface area contributed by atoms with Crippen molar-refractivity contribution < 1.29 is 0 Å². The molecule has 2 aromatic rings. The van der Waals surface area contributed by atoms with Crippen LogP contribution in [-0.4, -0.2) is 15.0 Å². The summed E-state index contributed by atoms with van der Waals surface area (Å²) < 4.78 is 0.976. The SMILES string of the molecule is NC(=S)c1ccnc(Nc2ccc(Cl)cc2I)n1. The average molecular weight is 391 g/mol. The van der Waals surface area contributed by atoms with Crippen molar-refractivity contribution in [1.29, 1.82) is 0 Å². The van der Waals surface area contributed by atoms with E-state index in [1.165, 1.54) is 0 Å². The first-order valence-electron chi connectivity index (χ1n) is 4.91. The Balaban J connectivity index is 2.28. The Labute approximate surface area is 128 Å².